The van der Waals surface area contributed by atoms with Crippen LogP contribution in [0.15, 0.2) is 35.1 Å². The number of hydrogen-bond acceptors (Lipinski definition) is 7. The average molecular weight is 473 g/mol. The number of carboxylic acid groups (broad SMARTS) is 2. The van der Waals surface area contributed by atoms with Crippen molar-refractivity contribution in [3.63, 3.8) is 0 Å². The standard InChI is InChI=1S/C22H24N4O6S/c1-12-23-15-4-3-13(11-14(15)20(29)24-12)9-10-26(2)18-7-6-17(33-18)21(30)25-16(22(31)32)5-8-19(27)28/h3-4,6-7,11,16H,5,8-10H2,1-2H3,(H,25,30)(H,27,28)(H,31,32)(H,23,24,29)/t16-/m0/s1. The first-order valence-corrected chi connectivity index (χ1v) is 11.0. The van der Waals surface area contributed by atoms with Gasteiger partial charge in [0.05, 0.1) is 20.8 Å². The molecule has 2 aromatic heterocycles. The molecule has 4 N–H and O–H groups in total. The third kappa shape index (κ3) is 6.16. The Morgan fingerprint density at radius 3 is 2.67 bits per heavy atom. The fourth-order valence-electron chi connectivity index (χ4n) is 3.27. The van der Waals surface area contributed by atoms with Gasteiger partial charge in [-0.1, -0.05) is 6.07 Å². The van der Waals surface area contributed by atoms with Crippen molar-refractivity contribution in [2.45, 2.75) is 32.2 Å². The molecule has 2 heterocycles. The minimum absolute atomic E-state index is 0.176. The molecule has 174 valence electrons. The Kier molecular flexibility index (Phi) is 7.44. The average Bonchev–Trinajstić information content (AvgIpc) is 3.25. The quantitative estimate of drug-likeness (QED) is 0.350. The summed E-state index contributed by atoms with van der Waals surface area (Å²) in [5.74, 6) is -2.40. The molecule has 0 bridgehead atoms. The van der Waals surface area contributed by atoms with Gasteiger partial charge in [0.25, 0.3) is 11.5 Å². The van der Waals surface area contributed by atoms with E-state index in [1.807, 2.05) is 30.1 Å². The number of carbonyl (C=O) groups excluding carboxylic acids is 1. The zero-order valence-corrected chi connectivity index (χ0v) is 18.9. The molecule has 0 aliphatic heterocycles. The molecule has 3 rings (SSSR count). The smallest absolute Gasteiger partial charge is 0.326 e. The monoisotopic (exact) mass is 472 g/mol. The summed E-state index contributed by atoms with van der Waals surface area (Å²) in [5, 5.41) is 21.7. The van der Waals surface area contributed by atoms with Crippen molar-refractivity contribution >= 4 is 45.1 Å². The summed E-state index contributed by atoms with van der Waals surface area (Å²) < 4.78 is 0. The van der Waals surface area contributed by atoms with E-state index in [1.165, 1.54) is 11.3 Å². The van der Waals surface area contributed by atoms with E-state index in [2.05, 4.69) is 15.3 Å². The number of carbonyl (C=O) groups is 3. The van der Waals surface area contributed by atoms with E-state index in [0.29, 0.717) is 34.6 Å². The summed E-state index contributed by atoms with van der Waals surface area (Å²) >= 11 is 1.21. The second kappa shape index (κ2) is 10.3. The molecule has 0 fully saturated rings. The minimum atomic E-state index is -1.28. The lowest BCUT2D eigenvalue weighted by Gasteiger charge is -2.17. The lowest BCUT2D eigenvalue weighted by molar-refractivity contribution is -0.140. The number of rotatable bonds is 10. The number of carboxylic acids is 2. The van der Waals surface area contributed by atoms with E-state index < -0.39 is 23.9 Å². The molecule has 10 nitrogen and oxygen atoms in total. The number of thiophene rings is 1. The number of likely N-dealkylation sites (N-methyl/N-ethyl adjacent to an activating group) is 1. The van der Waals surface area contributed by atoms with Gasteiger partial charge in [0.15, 0.2) is 0 Å². The van der Waals surface area contributed by atoms with Crippen LogP contribution in [0.5, 0.6) is 0 Å². The Hall–Kier alpha value is -3.73. The molecule has 0 saturated heterocycles. The SMILES string of the molecule is Cc1nc2ccc(CCN(C)c3ccc(C(=O)N[C@@H](CCC(=O)O)C(=O)O)s3)cc2c(=O)[nH]1. The van der Waals surface area contributed by atoms with E-state index >= 15 is 0 Å². The predicted molar refractivity (Wildman–Crippen MR) is 124 cm³/mol. The number of aromatic amines is 1. The second-order valence-corrected chi connectivity index (χ2v) is 8.67. The predicted octanol–water partition coefficient (Wildman–Crippen LogP) is 2.02. The summed E-state index contributed by atoms with van der Waals surface area (Å²) in [4.78, 5) is 55.9. The Labute approximate surface area is 192 Å². The molecule has 3 aromatic rings. The lowest BCUT2D eigenvalue weighted by Crippen LogP contribution is -2.40. The Morgan fingerprint density at radius 1 is 1.21 bits per heavy atom. The van der Waals surface area contributed by atoms with Gasteiger partial charge in [-0.25, -0.2) is 9.78 Å². The topological polar surface area (TPSA) is 153 Å². The lowest BCUT2D eigenvalue weighted by atomic mass is 10.1. The maximum absolute atomic E-state index is 12.4. The molecular formula is C22H24N4O6S. The van der Waals surface area contributed by atoms with E-state index in [-0.39, 0.29) is 18.4 Å². The van der Waals surface area contributed by atoms with Gasteiger partial charge in [-0.05, 0) is 49.6 Å². The van der Waals surface area contributed by atoms with Gasteiger partial charge in [0, 0.05) is 20.0 Å². The maximum Gasteiger partial charge on any atom is 0.326 e. The van der Waals surface area contributed by atoms with Crippen LogP contribution in [0.3, 0.4) is 0 Å². The third-order valence-electron chi connectivity index (χ3n) is 5.07. The molecule has 1 atom stereocenters. The summed E-state index contributed by atoms with van der Waals surface area (Å²) in [6.07, 6.45) is 0.111. The van der Waals surface area contributed by atoms with Gasteiger partial charge < -0.3 is 25.4 Å². The number of nitrogens with one attached hydrogen (secondary N) is 2. The van der Waals surface area contributed by atoms with Crippen LogP contribution in [0.2, 0.25) is 0 Å². The number of anilines is 1. The first-order valence-electron chi connectivity index (χ1n) is 10.2. The van der Waals surface area contributed by atoms with Gasteiger partial charge >= 0.3 is 11.9 Å². The summed E-state index contributed by atoms with van der Waals surface area (Å²) in [6.45, 7) is 2.36. The molecule has 0 aliphatic carbocycles. The van der Waals surface area contributed by atoms with Crippen molar-refractivity contribution in [1.29, 1.82) is 0 Å². The van der Waals surface area contributed by atoms with Crippen molar-refractivity contribution in [1.82, 2.24) is 15.3 Å². The van der Waals surface area contributed by atoms with Crippen LogP contribution < -0.4 is 15.8 Å². The van der Waals surface area contributed by atoms with Crippen molar-refractivity contribution in [3.05, 3.63) is 57.0 Å². The van der Waals surface area contributed by atoms with Gasteiger partial charge in [-0.2, -0.15) is 0 Å². The molecule has 1 aromatic carbocycles. The van der Waals surface area contributed by atoms with Crippen LogP contribution in [0.4, 0.5) is 5.00 Å². The highest BCUT2D eigenvalue weighted by Gasteiger charge is 2.22. The highest BCUT2D eigenvalue weighted by Crippen LogP contribution is 2.25. The number of hydrogen-bond donors (Lipinski definition) is 4. The molecule has 0 unspecified atom stereocenters. The van der Waals surface area contributed by atoms with E-state index in [0.717, 1.165) is 10.6 Å². The number of nitrogens with zero attached hydrogens (tertiary/aromatic N) is 2. The molecule has 0 aliphatic rings. The normalized spacial score (nSPS) is 11.8. The van der Waals surface area contributed by atoms with Gasteiger partial charge in [0.2, 0.25) is 0 Å². The number of H-pyrrole nitrogens is 1. The first-order chi connectivity index (χ1) is 15.6. The number of benzene rings is 1. The number of aromatic nitrogens is 2. The molecule has 0 spiro atoms. The van der Waals surface area contributed by atoms with E-state index in [9.17, 15) is 24.3 Å². The molecule has 33 heavy (non-hydrogen) atoms. The molecule has 11 heteroatoms. The van der Waals surface area contributed by atoms with Gasteiger partial charge in [-0.15, -0.1) is 11.3 Å². The van der Waals surface area contributed by atoms with Crippen molar-refractivity contribution < 1.29 is 24.6 Å². The highest BCUT2D eigenvalue weighted by atomic mass is 32.1. The van der Waals surface area contributed by atoms with Crippen LogP contribution >= 0.6 is 11.3 Å². The van der Waals surface area contributed by atoms with Crippen LogP contribution in [0.1, 0.15) is 33.9 Å². The highest BCUT2D eigenvalue weighted by molar-refractivity contribution is 7.18. The van der Waals surface area contributed by atoms with Crippen LogP contribution in [-0.2, 0) is 16.0 Å². The number of aryl methyl sites for hydroxylation is 1. The fraction of sp³-hybridized carbons (Fsp3) is 0.318. The minimum Gasteiger partial charge on any atom is -0.481 e. The van der Waals surface area contributed by atoms with Crippen molar-refractivity contribution in [2.75, 3.05) is 18.5 Å². The number of aliphatic carboxylic acids is 2. The number of fused-ring (bicyclic) bond motifs is 1. The second-order valence-electron chi connectivity index (χ2n) is 7.61. The Balaban J connectivity index is 1.62. The summed E-state index contributed by atoms with van der Waals surface area (Å²) in [7, 11) is 1.87. The largest absolute Gasteiger partial charge is 0.481 e. The molecule has 0 radical (unpaired) electrons. The summed E-state index contributed by atoms with van der Waals surface area (Å²) in [6, 6.07) is 7.68. The third-order valence-corrected chi connectivity index (χ3v) is 6.26. The Morgan fingerprint density at radius 2 is 1.97 bits per heavy atom. The van der Waals surface area contributed by atoms with Crippen LogP contribution in [0, 0.1) is 6.92 Å². The zero-order chi connectivity index (χ0) is 24.1. The number of amides is 1. The van der Waals surface area contributed by atoms with Crippen molar-refractivity contribution in [3.8, 4) is 0 Å². The van der Waals surface area contributed by atoms with E-state index in [1.54, 1.807) is 19.1 Å². The van der Waals surface area contributed by atoms with E-state index in [4.69, 9.17) is 5.11 Å². The first kappa shape index (κ1) is 23.9. The van der Waals surface area contributed by atoms with Crippen molar-refractivity contribution in [2.24, 2.45) is 0 Å². The van der Waals surface area contributed by atoms with Crippen LogP contribution in [0.25, 0.3) is 10.9 Å². The zero-order valence-electron chi connectivity index (χ0n) is 18.1. The molecule has 1 amide bonds. The maximum atomic E-state index is 12.4. The molecule has 0 saturated carbocycles. The molecular weight excluding hydrogens is 448 g/mol. The van der Waals surface area contributed by atoms with Gasteiger partial charge in [0.1, 0.15) is 11.9 Å². The summed E-state index contributed by atoms with van der Waals surface area (Å²) in [5.41, 5.74) is 1.44. The van der Waals surface area contributed by atoms with Crippen LogP contribution in [-0.4, -0.2) is 57.7 Å². The Bertz CT molecular complexity index is 1250. The van der Waals surface area contributed by atoms with Gasteiger partial charge in [-0.3, -0.25) is 14.4 Å². The fourth-order valence-corrected chi connectivity index (χ4v) is 4.17.